The lowest BCUT2D eigenvalue weighted by Gasteiger charge is -2.30. The zero-order valence-corrected chi connectivity index (χ0v) is 19.4. The Morgan fingerprint density at radius 3 is 2.42 bits per heavy atom. The molecule has 1 aliphatic carbocycles. The number of nitrogens with one attached hydrogen (secondary N) is 1. The summed E-state index contributed by atoms with van der Waals surface area (Å²) in [5.41, 5.74) is 5.55. The second-order valence-corrected chi connectivity index (χ2v) is 11.1. The van der Waals surface area contributed by atoms with E-state index in [0.717, 1.165) is 31.8 Å². The Labute approximate surface area is 186 Å². The van der Waals surface area contributed by atoms with Crippen LogP contribution in [0.2, 0.25) is 0 Å². The first kappa shape index (κ1) is 24.2. The van der Waals surface area contributed by atoms with E-state index in [2.05, 4.69) is 10.2 Å². The highest BCUT2D eigenvalue weighted by Crippen LogP contribution is 2.27. The summed E-state index contributed by atoms with van der Waals surface area (Å²) in [6.07, 6.45) is 10.3. The number of carbonyl (C=O) groups is 1. The number of likely N-dealkylation sites (tertiary alicyclic amines) is 1. The predicted octanol–water partition coefficient (Wildman–Crippen LogP) is 2.56. The van der Waals surface area contributed by atoms with Gasteiger partial charge in [0.1, 0.15) is 5.37 Å². The number of rotatable bonds is 10. The van der Waals surface area contributed by atoms with Crippen LogP contribution >= 0.6 is 0 Å². The van der Waals surface area contributed by atoms with Gasteiger partial charge in [-0.2, -0.15) is 0 Å². The highest BCUT2D eigenvalue weighted by molar-refractivity contribution is 7.92. The van der Waals surface area contributed by atoms with E-state index in [1.807, 2.05) is 0 Å². The quantitative estimate of drug-likeness (QED) is 0.530. The molecule has 1 saturated heterocycles. The Morgan fingerprint density at radius 2 is 1.81 bits per heavy atom. The van der Waals surface area contributed by atoms with E-state index in [0.29, 0.717) is 12.6 Å². The molecule has 0 radical (unpaired) electrons. The first-order valence-electron chi connectivity index (χ1n) is 11.5. The third-order valence-corrected chi connectivity index (χ3v) is 8.69. The Balaban J connectivity index is 1.62. The van der Waals surface area contributed by atoms with E-state index in [1.54, 1.807) is 0 Å². The molecule has 31 heavy (non-hydrogen) atoms. The van der Waals surface area contributed by atoms with Gasteiger partial charge in [-0.3, -0.25) is 15.0 Å². The highest BCUT2D eigenvalue weighted by atomic mass is 32.2. The predicted molar refractivity (Wildman–Crippen MR) is 122 cm³/mol. The molecule has 0 spiro atoms. The van der Waals surface area contributed by atoms with Crippen molar-refractivity contribution in [2.24, 2.45) is 11.7 Å². The number of hydrogen-bond acceptors (Lipinski definition) is 6. The van der Waals surface area contributed by atoms with Gasteiger partial charge in [-0.25, -0.2) is 8.42 Å². The van der Waals surface area contributed by atoms with E-state index in [-0.39, 0.29) is 17.1 Å². The number of carbonyl (C=O) groups excluding carboxylic acids is 1. The van der Waals surface area contributed by atoms with Crippen LogP contribution in [-0.4, -0.2) is 64.0 Å². The number of primary amides is 1. The van der Waals surface area contributed by atoms with Gasteiger partial charge < -0.3 is 10.5 Å². The Morgan fingerprint density at radius 1 is 1.13 bits per heavy atom. The normalized spacial score (nSPS) is 22.3. The van der Waals surface area contributed by atoms with E-state index in [9.17, 15) is 13.2 Å². The molecular formula is C23H37N3O4S. The van der Waals surface area contributed by atoms with E-state index in [1.165, 1.54) is 69.9 Å². The molecule has 1 aliphatic heterocycles. The fourth-order valence-corrected chi connectivity index (χ4v) is 6.37. The van der Waals surface area contributed by atoms with Gasteiger partial charge in [-0.05, 0) is 62.4 Å². The van der Waals surface area contributed by atoms with Gasteiger partial charge in [0.2, 0.25) is 5.91 Å². The molecule has 1 aromatic carbocycles. The average molecular weight is 452 g/mol. The second kappa shape index (κ2) is 11.4. The minimum Gasteiger partial charge on any atom is -0.382 e. The number of nitrogens with zero attached hydrogens (tertiary/aromatic N) is 1. The monoisotopic (exact) mass is 451 g/mol. The Bertz CT molecular complexity index is 805. The largest absolute Gasteiger partial charge is 0.382 e. The Hall–Kier alpha value is -1.48. The molecule has 2 aliphatic rings. The summed E-state index contributed by atoms with van der Waals surface area (Å²) in [5.74, 6) is 0.191. The van der Waals surface area contributed by atoms with Gasteiger partial charge in [0.15, 0.2) is 9.84 Å². The molecule has 1 aromatic rings. The lowest BCUT2D eigenvalue weighted by Crippen LogP contribution is -2.47. The fourth-order valence-electron chi connectivity index (χ4n) is 4.90. The lowest BCUT2D eigenvalue weighted by molar-refractivity contribution is 0.1000. The van der Waals surface area contributed by atoms with Crippen molar-refractivity contribution in [1.29, 1.82) is 0 Å². The summed E-state index contributed by atoms with van der Waals surface area (Å²) in [6.45, 7) is 2.91. The summed E-state index contributed by atoms with van der Waals surface area (Å²) in [7, 11) is -2.15. The van der Waals surface area contributed by atoms with Gasteiger partial charge in [0, 0.05) is 31.8 Å². The molecule has 8 heteroatoms. The van der Waals surface area contributed by atoms with Crippen molar-refractivity contribution in [2.75, 3.05) is 33.4 Å². The van der Waals surface area contributed by atoms with Crippen LogP contribution in [-0.2, 0) is 14.6 Å². The SMILES string of the molecule is COCC(NCC1CCCN1CC1CCCCCC1)S(=O)(=O)c1ccc(C(N)=O)cc1. The summed E-state index contributed by atoms with van der Waals surface area (Å²) in [5, 5.41) is 2.44. The third-order valence-electron chi connectivity index (χ3n) is 6.71. The number of hydrogen-bond donors (Lipinski definition) is 2. The number of sulfone groups is 1. The average Bonchev–Trinajstić information content (AvgIpc) is 3.03. The molecule has 1 amide bonds. The van der Waals surface area contributed by atoms with Crippen LogP contribution in [0, 0.1) is 5.92 Å². The highest BCUT2D eigenvalue weighted by Gasteiger charge is 2.31. The van der Waals surface area contributed by atoms with Crippen molar-refractivity contribution in [1.82, 2.24) is 10.2 Å². The summed E-state index contributed by atoms with van der Waals surface area (Å²) in [4.78, 5) is 14.0. The topological polar surface area (TPSA) is 102 Å². The zero-order valence-electron chi connectivity index (χ0n) is 18.6. The van der Waals surface area contributed by atoms with E-state index >= 15 is 0 Å². The lowest BCUT2D eigenvalue weighted by atomic mass is 9.99. The molecular weight excluding hydrogens is 414 g/mol. The molecule has 1 saturated carbocycles. The molecule has 2 atom stereocenters. The first-order valence-corrected chi connectivity index (χ1v) is 13.1. The van der Waals surface area contributed by atoms with Gasteiger partial charge >= 0.3 is 0 Å². The third kappa shape index (κ3) is 6.51. The van der Waals surface area contributed by atoms with Gasteiger partial charge in [-0.1, -0.05) is 25.7 Å². The van der Waals surface area contributed by atoms with E-state index < -0.39 is 21.1 Å². The number of benzene rings is 1. The maximum absolute atomic E-state index is 13.2. The standard InChI is InChI=1S/C23H37N3O4S/c1-30-17-22(31(28,29)21-12-10-19(11-13-21)23(24)27)25-15-20-9-6-14-26(20)16-18-7-4-2-3-5-8-18/h10-13,18,20,22,25H,2-9,14-17H2,1H3,(H2,24,27). The molecule has 1 heterocycles. The van der Waals surface area contributed by atoms with Crippen LogP contribution in [0.1, 0.15) is 61.7 Å². The summed E-state index contributed by atoms with van der Waals surface area (Å²) < 4.78 is 31.6. The van der Waals surface area contributed by atoms with Crippen molar-refractivity contribution < 1.29 is 17.9 Å². The van der Waals surface area contributed by atoms with Crippen molar-refractivity contribution >= 4 is 15.7 Å². The van der Waals surface area contributed by atoms with Crippen molar-refractivity contribution in [3.8, 4) is 0 Å². The summed E-state index contributed by atoms with van der Waals surface area (Å²) in [6, 6.07) is 6.13. The van der Waals surface area contributed by atoms with Crippen LogP contribution in [0.25, 0.3) is 0 Å². The minimum absolute atomic E-state index is 0.0647. The zero-order chi connectivity index (χ0) is 22.3. The molecule has 2 fully saturated rings. The molecule has 3 N–H and O–H groups in total. The molecule has 3 rings (SSSR count). The molecule has 7 nitrogen and oxygen atoms in total. The van der Waals surface area contributed by atoms with Crippen LogP contribution in [0.5, 0.6) is 0 Å². The first-order chi connectivity index (χ1) is 14.9. The van der Waals surface area contributed by atoms with Crippen LogP contribution in [0.3, 0.4) is 0 Å². The van der Waals surface area contributed by atoms with Crippen LogP contribution in [0.15, 0.2) is 29.2 Å². The van der Waals surface area contributed by atoms with Crippen LogP contribution in [0.4, 0.5) is 0 Å². The van der Waals surface area contributed by atoms with Crippen molar-refractivity contribution in [2.45, 2.75) is 67.7 Å². The number of ether oxygens (including phenoxy) is 1. The van der Waals surface area contributed by atoms with Crippen molar-refractivity contribution in [3.63, 3.8) is 0 Å². The molecule has 2 unspecified atom stereocenters. The maximum Gasteiger partial charge on any atom is 0.248 e. The Kier molecular flexibility index (Phi) is 8.89. The molecule has 174 valence electrons. The van der Waals surface area contributed by atoms with Gasteiger partial charge in [0.25, 0.3) is 0 Å². The number of amides is 1. The summed E-state index contributed by atoms with van der Waals surface area (Å²) >= 11 is 0. The van der Waals surface area contributed by atoms with Crippen molar-refractivity contribution in [3.05, 3.63) is 29.8 Å². The minimum atomic E-state index is -3.65. The molecule has 0 bridgehead atoms. The maximum atomic E-state index is 13.2. The number of methoxy groups -OCH3 is 1. The molecule has 0 aromatic heterocycles. The van der Waals surface area contributed by atoms with Gasteiger partial charge in [-0.15, -0.1) is 0 Å². The van der Waals surface area contributed by atoms with Gasteiger partial charge in [0.05, 0.1) is 11.5 Å². The van der Waals surface area contributed by atoms with E-state index in [4.69, 9.17) is 10.5 Å². The number of nitrogens with two attached hydrogens (primary N) is 1. The smallest absolute Gasteiger partial charge is 0.248 e. The fraction of sp³-hybridized carbons (Fsp3) is 0.696. The second-order valence-electron chi connectivity index (χ2n) is 8.93. The van der Waals surface area contributed by atoms with Crippen LogP contribution < -0.4 is 11.1 Å².